The summed E-state index contributed by atoms with van der Waals surface area (Å²) < 4.78 is 0. The van der Waals surface area contributed by atoms with Gasteiger partial charge in [0.25, 0.3) is 0 Å². The van der Waals surface area contributed by atoms with E-state index >= 15 is 0 Å². The van der Waals surface area contributed by atoms with Crippen molar-refractivity contribution in [1.29, 1.82) is 0 Å². The van der Waals surface area contributed by atoms with Crippen molar-refractivity contribution >= 4 is 0 Å². The number of likely N-dealkylation sites (tertiary alicyclic amines) is 1. The van der Waals surface area contributed by atoms with Gasteiger partial charge in [-0.05, 0) is 38.9 Å². The van der Waals surface area contributed by atoms with E-state index in [9.17, 15) is 0 Å². The molecular formula is C12H26N2. The number of nitrogens with zero attached hydrogens (tertiary/aromatic N) is 2. The quantitative estimate of drug-likeness (QED) is 0.670. The highest BCUT2D eigenvalue weighted by molar-refractivity contribution is 4.80. The van der Waals surface area contributed by atoms with Crippen molar-refractivity contribution in [3.8, 4) is 0 Å². The first-order chi connectivity index (χ1) is 6.38. The molecule has 0 aromatic heterocycles. The molecule has 84 valence electrons. The molecule has 0 amide bonds. The largest absolute Gasteiger partial charge is 0.305 e. The second-order valence-electron chi connectivity index (χ2n) is 6.06. The molecule has 2 heteroatoms. The van der Waals surface area contributed by atoms with Crippen LogP contribution in [-0.2, 0) is 0 Å². The maximum absolute atomic E-state index is 2.62. The first-order valence-electron chi connectivity index (χ1n) is 5.77. The summed E-state index contributed by atoms with van der Waals surface area (Å²) in [5, 5.41) is 0. The van der Waals surface area contributed by atoms with Crippen molar-refractivity contribution in [2.45, 2.75) is 39.7 Å². The summed E-state index contributed by atoms with van der Waals surface area (Å²) in [5.74, 6) is 0. The molecule has 0 aliphatic carbocycles. The smallest absolute Gasteiger partial charge is 0.0217 e. The van der Waals surface area contributed by atoms with E-state index < -0.39 is 0 Å². The van der Waals surface area contributed by atoms with Gasteiger partial charge in [-0.2, -0.15) is 0 Å². The third-order valence-corrected chi connectivity index (χ3v) is 2.91. The van der Waals surface area contributed by atoms with Gasteiger partial charge in [0.05, 0.1) is 0 Å². The molecule has 2 nitrogen and oxygen atoms in total. The van der Waals surface area contributed by atoms with Crippen LogP contribution >= 0.6 is 0 Å². The fraction of sp³-hybridized carbons (Fsp3) is 1.00. The molecular weight excluding hydrogens is 172 g/mol. The van der Waals surface area contributed by atoms with Crippen molar-refractivity contribution < 1.29 is 0 Å². The lowest BCUT2D eigenvalue weighted by molar-refractivity contribution is 0.102. The number of piperidine rings is 1. The van der Waals surface area contributed by atoms with Gasteiger partial charge in [0.2, 0.25) is 0 Å². The Labute approximate surface area is 89.3 Å². The third kappa shape index (κ3) is 3.97. The number of hydrogen-bond acceptors (Lipinski definition) is 2. The predicted octanol–water partition coefficient (Wildman–Crippen LogP) is 2.06. The van der Waals surface area contributed by atoms with Crippen molar-refractivity contribution in [3.05, 3.63) is 0 Å². The van der Waals surface area contributed by atoms with Crippen molar-refractivity contribution in [1.82, 2.24) is 9.80 Å². The van der Waals surface area contributed by atoms with Crippen LogP contribution in [0.5, 0.6) is 0 Å². The fourth-order valence-electron chi connectivity index (χ4n) is 2.27. The molecule has 0 saturated carbocycles. The molecule has 1 fully saturated rings. The average molecular weight is 198 g/mol. The Kier molecular flexibility index (Phi) is 3.96. The van der Waals surface area contributed by atoms with Crippen molar-refractivity contribution in [3.63, 3.8) is 0 Å². The van der Waals surface area contributed by atoms with Gasteiger partial charge in [-0.15, -0.1) is 0 Å². The standard InChI is InChI=1S/C12H26N2/c1-12(2,3)10-14-8-6-7-11(9-14)13(4)5/h11H,6-10H2,1-5H3/t11-/m0/s1. The number of hydrogen-bond donors (Lipinski definition) is 0. The van der Waals surface area contributed by atoms with E-state index in [-0.39, 0.29) is 0 Å². The van der Waals surface area contributed by atoms with Crippen LogP contribution < -0.4 is 0 Å². The Morgan fingerprint density at radius 1 is 1.29 bits per heavy atom. The Hall–Kier alpha value is -0.0800. The van der Waals surface area contributed by atoms with E-state index in [4.69, 9.17) is 0 Å². The van der Waals surface area contributed by atoms with Gasteiger partial charge in [-0.1, -0.05) is 20.8 Å². The van der Waals surface area contributed by atoms with E-state index in [2.05, 4.69) is 44.7 Å². The summed E-state index contributed by atoms with van der Waals surface area (Å²) in [7, 11) is 4.40. The van der Waals surface area contributed by atoms with Gasteiger partial charge < -0.3 is 9.80 Å². The Balaban J connectivity index is 2.40. The molecule has 1 atom stereocenters. The highest BCUT2D eigenvalue weighted by atomic mass is 15.2. The summed E-state index contributed by atoms with van der Waals surface area (Å²) in [6.45, 7) is 10.8. The van der Waals surface area contributed by atoms with Crippen LogP contribution in [0.1, 0.15) is 33.6 Å². The second kappa shape index (κ2) is 4.63. The van der Waals surface area contributed by atoms with Crippen LogP contribution in [0.4, 0.5) is 0 Å². The number of likely N-dealkylation sites (N-methyl/N-ethyl adjacent to an activating group) is 1. The van der Waals surface area contributed by atoms with Crippen molar-refractivity contribution in [2.24, 2.45) is 5.41 Å². The Bertz CT molecular complexity index is 170. The first-order valence-corrected chi connectivity index (χ1v) is 5.77. The monoisotopic (exact) mass is 198 g/mol. The summed E-state index contributed by atoms with van der Waals surface area (Å²) >= 11 is 0. The lowest BCUT2D eigenvalue weighted by Crippen LogP contribution is -2.47. The molecule has 0 N–H and O–H groups in total. The second-order valence-corrected chi connectivity index (χ2v) is 6.06. The lowest BCUT2D eigenvalue weighted by Gasteiger charge is -2.39. The van der Waals surface area contributed by atoms with E-state index in [0.29, 0.717) is 5.41 Å². The van der Waals surface area contributed by atoms with Gasteiger partial charge in [0, 0.05) is 19.1 Å². The van der Waals surface area contributed by atoms with Crippen LogP contribution in [0.15, 0.2) is 0 Å². The minimum atomic E-state index is 0.439. The number of rotatable bonds is 2. The summed E-state index contributed by atoms with van der Waals surface area (Å²) in [5.41, 5.74) is 0.439. The van der Waals surface area contributed by atoms with Crippen LogP contribution in [-0.4, -0.2) is 49.6 Å². The molecule has 1 heterocycles. The Morgan fingerprint density at radius 3 is 2.43 bits per heavy atom. The topological polar surface area (TPSA) is 6.48 Å². The lowest BCUT2D eigenvalue weighted by atomic mass is 9.94. The molecule has 1 saturated heterocycles. The molecule has 0 bridgehead atoms. The minimum absolute atomic E-state index is 0.439. The van der Waals surface area contributed by atoms with Gasteiger partial charge >= 0.3 is 0 Å². The zero-order chi connectivity index (χ0) is 10.8. The highest BCUT2D eigenvalue weighted by Gasteiger charge is 2.24. The van der Waals surface area contributed by atoms with Gasteiger partial charge in [-0.25, -0.2) is 0 Å². The van der Waals surface area contributed by atoms with E-state index in [0.717, 1.165) is 6.04 Å². The van der Waals surface area contributed by atoms with E-state index in [1.807, 2.05) is 0 Å². The van der Waals surface area contributed by atoms with Gasteiger partial charge in [-0.3, -0.25) is 0 Å². The molecule has 0 radical (unpaired) electrons. The van der Waals surface area contributed by atoms with Crippen LogP contribution in [0.3, 0.4) is 0 Å². The SMILES string of the molecule is CN(C)[C@H]1CCCN(CC(C)(C)C)C1. The molecule has 1 aliphatic rings. The molecule has 0 aromatic carbocycles. The fourth-order valence-corrected chi connectivity index (χ4v) is 2.27. The first kappa shape index (κ1) is 12.0. The van der Waals surface area contributed by atoms with Crippen LogP contribution in [0.25, 0.3) is 0 Å². The summed E-state index contributed by atoms with van der Waals surface area (Å²) in [6, 6.07) is 0.770. The molecule has 14 heavy (non-hydrogen) atoms. The highest BCUT2D eigenvalue weighted by Crippen LogP contribution is 2.20. The zero-order valence-electron chi connectivity index (χ0n) is 10.5. The van der Waals surface area contributed by atoms with Gasteiger partial charge in [0.15, 0.2) is 0 Å². The van der Waals surface area contributed by atoms with Crippen molar-refractivity contribution in [2.75, 3.05) is 33.7 Å². The van der Waals surface area contributed by atoms with Crippen LogP contribution in [0, 0.1) is 5.41 Å². The predicted molar refractivity (Wildman–Crippen MR) is 62.6 cm³/mol. The maximum atomic E-state index is 2.62. The molecule has 0 spiro atoms. The van der Waals surface area contributed by atoms with E-state index in [1.165, 1.54) is 32.5 Å². The normalized spacial score (nSPS) is 25.7. The van der Waals surface area contributed by atoms with E-state index in [1.54, 1.807) is 0 Å². The van der Waals surface area contributed by atoms with Gasteiger partial charge in [0.1, 0.15) is 0 Å². The molecule has 1 aliphatic heterocycles. The summed E-state index contributed by atoms with van der Waals surface area (Å²) in [6.07, 6.45) is 2.73. The zero-order valence-corrected chi connectivity index (χ0v) is 10.5. The third-order valence-electron chi connectivity index (χ3n) is 2.91. The molecule has 0 aromatic rings. The minimum Gasteiger partial charge on any atom is -0.305 e. The average Bonchev–Trinajstić information content (AvgIpc) is 2.01. The van der Waals surface area contributed by atoms with Crippen LogP contribution in [0.2, 0.25) is 0 Å². The maximum Gasteiger partial charge on any atom is 0.0217 e. The molecule has 0 unspecified atom stereocenters. The summed E-state index contributed by atoms with van der Waals surface area (Å²) in [4.78, 5) is 4.99. The Morgan fingerprint density at radius 2 is 1.93 bits per heavy atom. The molecule has 1 rings (SSSR count).